The number of hydrogen-bond donors (Lipinski definition) is 1. The van der Waals surface area contributed by atoms with Crippen LogP contribution in [-0.2, 0) is 4.79 Å². The molecule has 3 amide bonds. The normalized spacial score (nSPS) is 17.6. The second kappa shape index (κ2) is 5.42. The summed E-state index contributed by atoms with van der Waals surface area (Å²) >= 11 is 0. The van der Waals surface area contributed by atoms with Gasteiger partial charge >= 0.3 is 6.03 Å². The van der Waals surface area contributed by atoms with Crippen molar-refractivity contribution in [2.45, 2.75) is 26.2 Å². The van der Waals surface area contributed by atoms with Crippen molar-refractivity contribution in [2.75, 3.05) is 13.1 Å². The van der Waals surface area contributed by atoms with Crippen molar-refractivity contribution in [3.05, 3.63) is 12.2 Å². The van der Waals surface area contributed by atoms with Gasteiger partial charge in [-0.25, -0.2) is 4.79 Å². The van der Waals surface area contributed by atoms with Gasteiger partial charge in [0.1, 0.15) is 0 Å². The summed E-state index contributed by atoms with van der Waals surface area (Å²) in [6, 6.07) is -0.276. The van der Waals surface area contributed by atoms with E-state index in [4.69, 9.17) is 0 Å². The summed E-state index contributed by atoms with van der Waals surface area (Å²) < 4.78 is 0. The summed E-state index contributed by atoms with van der Waals surface area (Å²) in [7, 11) is 0. The van der Waals surface area contributed by atoms with Gasteiger partial charge in [0.15, 0.2) is 0 Å². The number of urea groups is 1. The van der Waals surface area contributed by atoms with Crippen LogP contribution in [0.2, 0.25) is 0 Å². The monoisotopic (exact) mass is 196 g/mol. The number of hydrogen-bond acceptors (Lipinski definition) is 2. The maximum atomic E-state index is 11.2. The first kappa shape index (κ1) is 10.8. The van der Waals surface area contributed by atoms with Crippen molar-refractivity contribution in [2.24, 2.45) is 0 Å². The van der Waals surface area contributed by atoms with Crippen LogP contribution in [0.4, 0.5) is 4.79 Å². The lowest BCUT2D eigenvalue weighted by Gasteiger charge is -2.25. The van der Waals surface area contributed by atoms with Gasteiger partial charge in [0.05, 0.1) is 0 Å². The van der Waals surface area contributed by atoms with Crippen LogP contribution < -0.4 is 5.32 Å². The van der Waals surface area contributed by atoms with Crippen LogP contribution in [0.15, 0.2) is 12.2 Å². The van der Waals surface area contributed by atoms with E-state index in [-0.39, 0.29) is 11.9 Å². The van der Waals surface area contributed by atoms with Crippen molar-refractivity contribution < 1.29 is 9.59 Å². The lowest BCUT2D eigenvalue weighted by molar-refractivity contribution is -0.121. The summed E-state index contributed by atoms with van der Waals surface area (Å²) in [5.74, 6) is -0.177. The molecule has 0 aromatic rings. The van der Waals surface area contributed by atoms with E-state index in [2.05, 4.69) is 18.3 Å². The highest BCUT2D eigenvalue weighted by Gasteiger charge is 2.21. The second-order valence-corrected chi connectivity index (χ2v) is 3.31. The van der Waals surface area contributed by atoms with Crippen LogP contribution in [0.1, 0.15) is 26.2 Å². The number of unbranched alkanes of at least 4 members (excludes halogenated alkanes) is 1. The standard InChI is InChI=1S/C10H16N2O2/c1-2-3-4-5-7-12-8-6-9(13)11-10(12)14/h4-5H,2-3,6-8H2,1H3,(H,11,13,14)/b5-4+. The third-order valence-electron chi connectivity index (χ3n) is 2.09. The van der Waals surface area contributed by atoms with E-state index in [1.165, 1.54) is 0 Å². The number of nitrogens with one attached hydrogen (secondary N) is 1. The zero-order valence-electron chi connectivity index (χ0n) is 8.45. The first-order valence-corrected chi connectivity index (χ1v) is 4.97. The summed E-state index contributed by atoms with van der Waals surface area (Å²) in [6.07, 6.45) is 6.59. The van der Waals surface area contributed by atoms with Crippen molar-refractivity contribution in [3.8, 4) is 0 Å². The van der Waals surface area contributed by atoms with Crippen LogP contribution >= 0.6 is 0 Å². The van der Waals surface area contributed by atoms with Gasteiger partial charge in [-0.05, 0) is 6.42 Å². The number of imide groups is 1. The number of nitrogens with zero attached hydrogens (tertiary/aromatic N) is 1. The lowest BCUT2D eigenvalue weighted by Crippen LogP contribution is -2.49. The zero-order chi connectivity index (χ0) is 10.4. The molecule has 0 radical (unpaired) electrons. The maximum absolute atomic E-state index is 11.2. The molecule has 0 unspecified atom stereocenters. The van der Waals surface area contributed by atoms with Gasteiger partial charge in [-0.1, -0.05) is 25.5 Å². The third kappa shape index (κ3) is 3.20. The van der Waals surface area contributed by atoms with Crippen LogP contribution in [0, 0.1) is 0 Å². The highest BCUT2D eigenvalue weighted by Crippen LogP contribution is 2.00. The molecule has 1 fully saturated rings. The Labute approximate surface area is 84.0 Å². The fraction of sp³-hybridized carbons (Fsp3) is 0.600. The molecule has 1 saturated heterocycles. The summed E-state index contributed by atoms with van der Waals surface area (Å²) in [5.41, 5.74) is 0. The molecular formula is C10H16N2O2. The van der Waals surface area contributed by atoms with Gasteiger partial charge in [0.2, 0.25) is 5.91 Å². The van der Waals surface area contributed by atoms with Crippen molar-refractivity contribution in [1.29, 1.82) is 0 Å². The molecular weight excluding hydrogens is 180 g/mol. The molecule has 4 heteroatoms. The van der Waals surface area contributed by atoms with Gasteiger partial charge in [0.25, 0.3) is 0 Å². The molecule has 0 bridgehead atoms. The van der Waals surface area contributed by atoms with E-state index in [1.54, 1.807) is 4.90 Å². The quantitative estimate of drug-likeness (QED) is 0.689. The van der Waals surface area contributed by atoms with E-state index in [1.807, 2.05) is 6.08 Å². The molecule has 14 heavy (non-hydrogen) atoms. The topological polar surface area (TPSA) is 49.4 Å². The second-order valence-electron chi connectivity index (χ2n) is 3.31. The Morgan fingerprint density at radius 3 is 2.86 bits per heavy atom. The minimum absolute atomic E-state index is 0.177. The Hall–Kier alpha value is -1.32. The number of allylic oxidation sites excluding steroid dienone is 1. The summed E-state index contributed by atoms with van der Waals surface area (Å²) in [6.45, 7) is 3.23. The molecule has 0 aromatic carbocycles. The molecule has 1 aliphatic heterocycles. The molecule has 0 aliphatic carbocycles. The summed E-state index contributed by atoms with van der Waals surface area (Å²) in [5, 5.41) is 2.28. The Balaban J connectivity index is 2.31. The van der Waals surface area contributed by atoms with Crippen LogP contribution in [-0.4, -0.2) is 29.9 Å². The van der Waals surface area contributed by atoms with E-state index in [0.29, 0.717) is 19.5 Å². The van der Waals surface area contributed by atoms with Crippen LogP contribution in [0.5, 0.6) is 0 Å². The Bertz CT molecular complexity index is 249. The first-order valence-electron chi connectivity index (χ1n) is 4.97. The molecule has 0 saturated carbocycles. The highest BCUT2D eigenvalue weighted by molar-refractivity contribution is 5.96. The molecule has 0 aromatic heterocycles. The fourth-order valence-electron chi connectivity index (χ4n) is 1.26. The molecule has 1 aliphatic rings. The average molecular weight is 196 g/mol. The minimum atomic E-state index is -0.276. The maximum Gasteiger partial charge on any atom is 0.324 e. The molecule has 1 N–H and O–H groups in total. The average Bonchev–Trinajstić information content (AvgIpc) is 2.15. The largest absolute Gasteiger partial charge is 0.324 e. The number of rotatable bonds is 4. The summed E-state index contributed by atoms with van der Waals surface area (Å²) in [4.78, 5) is 23.7. The van der Waals surface area contributed by atoms with E-state index >= 15 is 0 Å². The van der Waals surface area contributed by atoms with Gasteiger partial charge in [-0.15, -0.1) is 0 Å². The zero-order valence-corrected chi connectivity index (χ0v) is 8.45. The minimum Gasteiger partial charge on any atom is -0.320 e. The number of carbonyl (C=O) groups is 2. The molecule has 1 heterocycles. The molecule has 1 rings (SSSR count). The van der Waals surface area contributed by atoms with Crippen molar-refractivity contribution in [3.63, 3.8) is 0 Å². The smallest absolute Gasteiger partial charge is 0.320 e. The van der Waals surface area contributed by atoms with E-state index in [9.17, 15) is 9.59 Å². The fourth-order valence-corrected chi connectivity index (χ4v) is 1.26. The Morgan fingerprint density at radius 2 is 2.21 bits per heavy atom. The first-order chi connectivity index (χ1) is 6.74. The van der Waals surface area contributed by atoms with E-state index in [0.717, 1.165) is 12.8 Å². The van der Waals surface area contributed by atoms with Gasteiger partial charge in [-0.2, -0.15) is 0 Å². The van der Waals surface area contributed by atoms with Gasteiger partial charge in [0, 0.05) is 19.5 Å². The lowest BCUT2D eigenvalue weighted by atomic mass is 10.3. The SMILES string of the molecule is CCC/C=C/CN1CCC(=O)NC1=O. The molecule has 0 atom stereocenters. The molecule has 78 valence electrons. The van der Waals surface area contributed by atoms with Crippen molar-refractivity contribution in [1.82, 2.24) is 10.2 Å². The predicted molar refractivity (Wildman–Crippen MR) is 53.8 cm³/mol. The third-order valence-corrected chi connectivity index (χ3v) is 2.09. The number of amides is 3. The Morgan fingerprint density at radius 1 is 1.43 bits per heavy atom. The van der Waals surface area contributed by atoms with Crippen LogP contribution in [0.3, 0.4) is 0 Å². The van der Waals surface area contributed by atoms with Gasteiger partial charge in [-0.3, -0.25) is 10.1 Å². The molecule has 0 spiro atoms. The Kier molecular flexibility index (Phi) is 4.16. The van der Waals surface area contributed by atoms with E-state index < -0.39 is 0 Å². The van der Waals surface area contributed by atoms with Crippen LogP contribution in [0.25, 0.3) is 0 Å². The highest BCUT2D eigenvalue weighted by atomic mass is 16.2. The molecule has 4 nitrogen and oxygen atoms in total. The van der Waals surface area contributed by atoms with Crippen molar-refractivity contribution >= 4 is 11.9 Å². The number of carbonyl (C=O) groups excluding carboxylic acids is 2. The van der Waals surface area contributed by atoms with Gasteiger partial charge < -0.3 is 4.90 Å². The predicted octanol–water partition coefficient (Wildman–Crippen LogP) is 1.28.